The summed E-state index contributed by atoms with van der Waals surface area (Å²) in [5.74, 6) is 2.72. The van der Waals surface area contributed by atoms with Crippen LogP contribution in [0.4, 0.5) is 0 Å². The first kappa shape index (κ1) is 16.8. The Kier molecular flexibility index (Phi) is 3.45. The number of pyridine rings is 1. The van der Waals surface area contributed by atoms with Crippen LogP contribution >= 0.6 is 7.14 Å². The predicted molar refractivity (Wildman–Crippen MR) is 114 cm³/mol. The van der Waals surface area contributed by atoms with Gasteiger partial charge < -0.3 is 14.0 Å². The van der Waals surface area contributed by atoms with Crippen LogP contribution in [0.25, 0.3) is 11.1 Å². The van der Waals surface area contributed by atoms with Crippen LogP contribution in [0.3, 0.4) is 0 Å². The Morgan fingerprint density at radius 1 is 1.03 bits per heavy atom. The molecular weight excluding hydrogens is 381 g/mol. The fraction of sp³-hybridized carbons (Fsp3) is 0.125. The molecule has 0 amide bonds. The molecule has 29 heavy (non-hydrogen) atoms. The van der Waals surface area contributed by atoms with E-state index >= 15 is 0 Å². The van der Waals surface area contributed by atoms with Crippen LogP contribution in [0.2, 0.25) is 0 Å². The number of aromatic nitrogens is 1. The third-order valence-corrected chi connectivity index (χ3v) is 8.98. The molecule has 0 N–H and O–H groups in total. The molecule has 0 radical (unpaired) electrons. The Balaban J connectivity index is 1.68. The molecule has 3 aliphatic rings. The van der Waals surface area contributed by atoms with Gasteiger partial charge in [0.25, 0.3) is 0 Å². The second-order valence-electron chi connectivity index (χ2n) is 7.54. The number of benzene rings is 2. The van der Waals surface area contributed by atoms with E-state index in [1.54, 1.807) is 6.20 Å². The van der Waals surface area contributed by atoms with Gasteiger partial charge in [0.05, 0.1) is 10.6 Å². The zero-order chi connectivity index (χ0) is 19.6. The number of fused-ring (bicyclic) bond motifs is 3. The van der Waals surface area contributed by atoms with E-state index in [4.69, 9.17) is 9.47 Å². The SMILES string of the molecule is Cc1cnccc1-c1cc2c3c(c1)Oc1ccccc1P3(=O)C1=C(CCC=C1)O2. The van der Waals surface area contributed by atoms with Gasteiger partial charge in [-0.3, -0.25) is 4.98 Å². The first-order chi connectivity index (χ1) is 14.2. The molecule has 3 aromatic rings. The summed E-state index contributed by atoms with van der Waals surface area (Å²) in [6.07, 6.45) is 9.33. The first-order valence-electron chi connectivity index (χ1n) is 9.71. The second kappa shape index (κ2) is 5.95. The number of aryl methyl sites for hydroxylation is 1. The van der Waals surface area contributed by atoms with Crippen LogP contribution < -0.4 is 20.1 Å². The average Bonchev–Trinajstić information content (AvgIpc) is 2.74. The van der Waals surface area contributed by atoms with E-state index in [0.717, 1.165) is 45.9 Å². The van der Waals surface area contributed by atoms with Crippen molar-refractivity contribution in [2.45, 2.75) is 19.8 Å². The number of ether oxygens (including phenoxy) is 2. The standard InChI is InChI=1S/C24H18NO3P/c1-15-14-25-11-10-17(15)16-12-20-24-21(13-16)28-19-7-3-5-9-23(19)29(24,26)22-8-4-2-6-18(22)27-20/h2,4-6,8-14H,3,7H2,1H3. The van der Waals surface area contributed by atoms with Crippen molar-refractivity contribution in [1.29, 1.82) is 0 Å². The summed E-state index contributed by atoms with van der Waals surface area (Å²) in [6.45, 7) is 2.03. The van der Waals surface area contributed by atoms with Gasteiger partial charge in [-0.2, -0.15) is 0 Å². The van der Waals surface area contributed by atoms with E-state index in [1.807, 2.05) is 61.7 Å². The molecule has 3 heterocycles. The second-order valence-corrected chi connectivity index (χ2v) is 10.2. The molecule has 0 fully saturated rings. The Morgan fingerprint density at radius 3 is 2.72 bits per heavy atom. The lowest BCUT2D eigenvalue weighted by atomic mass is 10.0. The molecule has 0 bridgehead atoms. The van der Waals surface area contributed by atoms with Crippen LogP contribution in [-0.4, -0.2) is 4.98 Å². The molecule has 0 saturated heterocycles. The van der Waals surface area contributed by atoms with Crippen LogP contribution in [0.1, 0.15) is 18.4 Å². The Morgan fingerprint density at radius 2 is 1.86 bits per heavy atom. The van der Waals surface area contributed by atoms with E-state index in [9.17, 15) is 4.57 Å². The van der Waals surface area contributed by atoms with Gasteiger partial charge in [-0.15, -0.1) is 0 Å². The largest absolute Gasteiger partial charge is 0.460 e. The number of hydrogen-bond acceptors (Lipinski definition) is 4. The quantitative estimate of drug-likeness (QED) is 0.512. The third kappa shape index (κ3) is 2.27. The fourth-order valence-electron chi connectivity index (χ4n) is 4.44. The topological polar surface area (TPSA) is 48.4 Å². The van der Waals surface area contributed by atoms with Crippen LogP contribution in [-0.2, 0) is 4.57 Å². The molecular formula is C24H18NO3P. The predicted octanol–water partition coefficient (Wildman–Crippen LogP) is 5.43. The summed E-state index contributed by atoms with van der Waals surface area (Å²) in [7, 11) is -3.05. The van der Waals surface area contributed by atoms with Crippen molar-refractivity contribution in [3.05, 3.63) is 83.6 Å². The van der Waals surface area contributed by atoms with Crippen molar-refractivity contribution in [2.24, 2.45) is 0 Å². The Bertz CT molecular complexity index is 1310. The van der Waals surface area contributed by atoms with Crippen LogP contribution in [0, 0.1) is 6.92 Å². The van der Waals surface area contributed by atoms with Gasteiger partial charge >= 0.3 is 0 Å². The fourth-order valence-corrected chi connectivity index (χ4v) is 7.57. The summed E-state index contributed by atoms with van der Waals surface area (Å²) in [4.78, 5) is 4.20. The van der Waals surface area contributed by atoms with Crippen molar-refractivity contribution in [3.63, 3.8) is 0 Å². The van der Waals surface area contributed by atoms with E-state index < -0.39 is 7.14 Å². The zero-order valence-electron chi connectivity index (χ0n) is 15.9. The average molecular weight is 399 g/mol. The highest BCUT2D eigenvalue weighted by Gasteiger charge is 2.47. The Hall–Kier alpha value is -3.10. The minimum atomic E-state index is -3.05. The van der Waals surface area contributed by atoms with Crippen molar-refractivity contribution in [3.8, 4) is 28.4 Å². The molecule has 2 aromatic carbocycles. The van der Waals surface area contributed by atoms with Crippen molar-refractivity contribution >= 4 is 17.8 Å². The smallest absolute Gasteiger partial charge is 0.185 e. The minimum Gasteiger partial charge on any atom is -0.460 e. The lowest BCUT2D eigenvalue weighted by molar-refractivity contribution is 0.395. The maximum Gasteiger partial charge on any atom is 0.185 e. The monoisotopic (exact) mass is 399 g/mol. The molecule has 6 rings (SSSR count). The number of rotatable bonds is 1. The summed E-state index contributed by atoms with van der Waals surface area (Å²) < 4.78 is 27.3. The highest BCUT2D eigenvalue weighted by Crippen LogP contribution is 2.64. The van der Waals surface area contributed by atoms with E-state index in [2.05, 4.69) is 11.1 Å². The van der Waals surface area contributed by atoms with Gasteiger partial charge in [-0.05, 0) is 60.4 Å². The molecule has 1 atom stereocenters. The summed E-state index contributed by atoms with van der Waals surface area (Å²) in [6, 6.07) is 13.6. The zero-order valence-corrected chi connectivity index (χ0v) is 16.8. The van der Waals surface area contributed by atoms with Gasteiger partial charge in [0.15, 0.2) is 7.14 Å². The highest BCUT2D eigenvalue weighted by molar-refractivity contribution is 7.83. The maximum atomic E-state index is 14.7. The number of hydrogen-bond donors (Lipinski definition) is 0. The molecule has 142 valence electrons. The summed E-state index contributed by atoms with van der Waals surface area (Å²) >= 11 is 0. The first-order valence-corrected chi connectivity index (χ1v) is 11.4. The summed E-state index contributed by atoms with van der Waals surface area (Å²) in [5.41, 5.74) is 3.10. The van der Waals surface area contributed by atoms with Gasteiger partial charge in [0.2, 0.25) is 0 Å². The maximum absolute atomic E-state index is 14.7. The molecule has 0 saturated carbocycles. The van der Waals surface area contributed by atoms with E-state index in [1.165, 1.54) is 0 Å². The van der Waals surface area contributed by atoms with E-state index in [0.29, 0.717) is 22.6 Å². The number of allylic oxidation sites excluding steroid dienone is 4. The third-order valence-electron chi connectivity index (χ3n) is 5.78. The van der Waals surface area contributed by atoms with Gasteiger partial charge in [-0.25, -0.2) is 0 Å². The van der Waals surface area contributed by atoms with Crippen LogP contribution in [0.15, 0.2) is 78.1 Å². The Labute approximate surface area is 168 Å². The van der Waals surface area contributed by atoms with Crippen molar-refractivity contribution in [1.82, 2.24) is 4.98 Å². The molecule has 4 nitrogen and oxygen atoms in total. The van der Waals surface area contributed by atoms with Gasteiger partial charge in [0, 0.05) is 18.8 Å². The lowest BCUT2D eigenvalue weighted by Crippen LogP contribution is -2.30. The molecule has 1 aliphatic carbocycles. The normalized spacial score (nSPS) is 20.9. The lowest BCUT2D eigenvalue weighted by Gasteiger charge is -2.36. The van der Waals surface area contributed by atoms with E-state index in [-0.39, 0.29) is 0 Å². The van der Waals surface area contributed by atoms with Gasteiger partial charge in [0.1, 0.15) is 28.3 Å². The number of para-hydroxylation sites is 1. The van der Waals surface area contributed by atoms with Crippen molar-refractivity contribution < 1.29 is 14.0 Å². The molecule has 5 heteroatoms. The highest BCUT2D eigenvalue weighted by atomic mass is 31.2. The van der Waals surface area contributed by atoms with Crippen LogP contribution in [0.5, 0.6) is 17.2 Å². The molecule has 1 aromatic heterocycles. The molecule has 1 unspecified atom stereocenters. The van der Waals surface area contributed by atoms with Gasteiger partial charge in [-0.1, -0.05) is 24.3 Å². The number of nitrogens with zero attached hydrogens (tertiary/aromatic N) is 1. The van der Waals surface area contributed by atoms with Crippen molar-refractivity contribution in [2.75, 3.05) is 0 Å². The molecule has 2 aliphatic heterocycles. The summed E-state index contributed by atoms with van der Waals surface area (Å²) in [5, 5.41) is 2.24. The minimum absolute atomic E-state index is 0.612. The molecule has 0 spiro atoms.